The van der Waals surface area contributed by atoms with Gasteiger partial charge in [-0.25, -0.2) is 0 Å². The molecule has 0 saturated carbocycles. The van der Waals surface area contributed by atoms with E-state index in [0.717, 1.165) is 28.1 Å². The van der Waals surface area contributed by atoms with Crippen LogP contribution in [0.2, 0.25) is 5.02 Å². The van der Waals surface area contributed by atoms with Gasteiger partial charge >= 0.3 is 0 Å². The number of nitriles is 1. The molecule has 0 aliphatic carbocycles. The Morgan fingerprint density at radius 3 is 2.67 bits per heavy atom. The maximum absolute atomic E-state index is 12.1. The Morgan fingerprint density at radius 1 is 1.26 bits per heavy atom. The molecule has 0 bridgehead atoms. The molecule has 0 spiro atoms. The third-order valence-corrected chi connectivity index (χ3v) is 4.88. The Labute approximate surface area is 163 Å². The summed E-state index contributed by atoms with van der Waals surface area (Å²) < 4.78 is 1.89. The fraction of sp³-hybridized carbons (Fsp3) is 0.190. The molecule has 2 aromatic carbocycles. The normalized spacial score (nSPS) is 10.5. The Balaban J connectivity index is 2.02. The lowest BCUT2D eigenvalue weighted by atomic mass is 10.0. The number of hydrogen-bond acceptors (Lipinski definition) is 3. The van der Waals surface area contributed by atoms with Crippen molar-refractivity contribution in [3.63, 3.8) is 0 Å². The standard InChI is InChI=1S/C21H19ClN4O/c1-13-20(15-8-9-16(11-23)19(22)10-15)14(2)26(25-13)12-17-6-4-5-7-18(17)21(27)24-3/h4-10H,12H2,1-3H3,(H,24,27). The van der Waals surface area contributed by atoms with Crippen LogP contribution in [0.1, 0.15) is 32.9 Å². The number of nitrogens with one attached hydrogen (secondary N) is 1. The van der Waals surface area contributed by atoms with E-state index in [1.165, 1.54) is 0 Å². The molecule has 1 heterocycles. The molecule has 3 rings (SSSR count). The van der Waals surface area contributed by atoms with Crippen LogP contribution in [0.5, 0.6) is 0 Å². The second kappa shape index (κ2) is 7.65. The first kappa shape index (κ1) is 18.7. The summed E-state index contributed by atoms with van der Waals surface area (Å²) in [6.07, 6.45) is 0. The molecule has 1 aromatic heterocycles. The number of hydrogen-bond donors (Lipinski definition) is 1. The van der Waals surface area contributed by atoms with E-state index in [0.29, 0.717) is 22.7 Å². The van der Waals surface area contributed by atoms with Crippen LogP contribution >= 0.6 is 11.6 Å². The predicted molar refractivity (Wildman–Crippen MR) is 106 cm³/mol. The van der Waals surface area contributed by atoms with Gasteiger partial charge < -0.3 is 5.32 Å². The summed E-state index contributed by atoms with van der Waals surface area (Å²) >= 11 is 6.20. The lowest BCUT2D eigenvalue weighted by Gasteiger charge is -2.10. The van der Waals surface area contributed by atoms with Gasteiger partial charge in [0, 0.05) is 23.9 Å². The highest BCUT2D eigenvalue weighted by atomic mass is 35.5. The molecule has 6 heteroatoms. The number of rotatable bonds is 4. The van der Waals surface area contributed by atoms with Gasteiger partial charge in [-0.1, -0.05) is 35.9 Å². The maximum atomic E-state index is 12.1. The van der Waals surface area contributed by atoms with Crippen LogP contribution in [-0.4, -0.2) is 22.7 Å². The summed E-state index contributed by atoms with van der Waals surface area (Å²) in [5.41, 5.74) is 5.72. The molecule has 136 valence electrons. The van der Waals surface area contributed by atoms with E-state index >= 15 is 0 Å². The van der Waals surface area contributed by atoms with Crippen molar-refractivity contribution >= 4 is 17.5 Å². The van der Waals surface area contributed by atoms with Crippen LogP contribution in [-0.2, 0) is 6.54 Å². The van der Waals surface area contributed by atoms with Gasteiger partial charge in [-0.15, -0.1) is 0 Å². The van der Waals surface area contributed by atoms with Crippen molar-refractivity contribution in [1.29, 1.82) is 5.26 Å². The van der Waals surface area contributed by atoms with Crippen molar-refractivity contribution in [1.82, 2.24) is 15.1 Å². The van der Waals surface area contributed by atoms with Crippen LogP contribution in [0, 0.1) is 25.2 Å². The zero-order valence-corrected chi connectivity index (χ0v) is 16.1. The average Bonchev–Trinajstić information content (AvgIpc) is 2.94. The molecule has 1 amide bonds. The largest absolute Gasteiger partial charge is 0.355 e. The Kier molecular flexibility index (Phi) is 5.29. The van der Waals surface area contributed by atoms with Crippen LogP contribution in [0.25, 0.3) is 11.1 Å². The SMILES string of the molecule is CNC(=O)c1ccccc1Cn1nc(C)c(-c2ccc(C#N)c(Cl)c2)c1C. The summed E-state index contributed by atoms with van der Waals surface area (Å²) in [4.78, 5) is 12.1. The van der Waals surface area contributed by atoms with Crippen LogP contribution in [0.3, 0.4) is 0 Å². The van der Waals surface area contributed by atoms with Crippen LogP contribution in [0.4, 0.5) is 0 Å². The average molecular weight is 379 g/mol. The van der Waals surface area contributed by atoms with Crippen molar-refractivity contribution in [3.8, 4) is 17.2 Å². The van der Waals surface area contributed by atoms with Crippen LogP contribution in [0.15, 0.2) is 42.5 Å². The third-order valence-electron chi connectivity index (χ3n) is 4.57. The maximum Gasteiger partial charge on any atom is 0.251 e. The summed E-state index contributed by atoms with van der Waals surface area (Å²) in [5, 5.41) is 16.8. The minimum atomic E-state index is -0.119. The van der Waals surface area contributed by atoms with Gasteiger partial charge in [0.1, 0.15) is 6.07 Å². The number of carbonyl (C=O) groups is 1. The highest BCUT2D eigenvalue weighted by Gasteiger charge is 2.17. The van der Waals surface area contributed by atoms with Crippen molar-refractivity contribution < 1.29 is 4.79 Å². The fourth-order valence-electron chi connectivity index (χ4n) is 3.21. The van der Waals surface area contributed by atoms with E-state index in [4.69, 9.17) is 16.9 Å². The van der Waals surface area contributed by atoms with E-state index in [1.54, 1.807) is 25.2 Å². The van der Waals surface area contributed by atoms with E-state index < -0.39 is 0 Å². The van der Waals surface area contributed by atoms with Gasteiger partial charge in [-0.05, 0) is 43.2 Å². The number of aromatic nitrogens is 2. The van der Waals surface area contributed by atoms with Crippen LogP contribution < -0.4 is 5.32 Å². The zero-order chi connectivity index (χ0) is 19.6. The molecule has 0 saturated heterocycles. The summed E-state index contributed by atoms with van der Waals surface area (Å²) in [5.74, 6) is -0.119. The molecule has 0 radical (unpaired) electrons. The Hall–Kier alpha value is -3.10. The fourth-order valence-corrected chi connectivity index (χ4v) is 3.43. The van der Waals surface area contributed by atoms with Crippen molar-refractivity contribution in [2.75, 3.05) is 7.05 Å². The molecule has 3 aromatic rings. The highest BCUT2D eigenvalue weighted by molar-refractivity contribution is 6.32. The lowest BCUT2D eigenvalue weighted by molar-refractivity contribution is 0.0962. The van der Waals surface area contributed by atoms with Crippen molar-refractivity contribution in [3.05, 3.63) is 75.6 Å². The van der Waals surface area contributed by atoms with Gasteiger partial charge in [0.25, 0.3) is 5.91 Å². The smallest absolute Gasteiger partial charge is 0.251 e. The molecule has 5 nitrogen and oxygen atoms in total. The lowest BCUT2D eigenvalue weighted by Crippen LogP contribution is -2.20. The van der Waals surface area contributed by atoms with E-state index in [2.05, 4.69) is 16.5 Å². The van der Waals surface area contributed by atoms with Gasteiger partial charge in [0.2, 0.25) is 0 Å². The number of amides is 1. The molecule has 0 unspecified atom stereocenters. The number of halogens is 1. The first-order chi connectivity index (χ1) is 13.0. The van der Waals surface area contributed by atoms with Gasteiger partial charge in [-0.2, -0.15) is 10.4 Å². The Bertz CT molecular complexity index is 1060. The molecule has 0 fully saturated rings. The van der Waals surface area contributed by atoms with Crippen molar-refractivity contribution in [2.45, 2.75) is 20.4 Å². The predicted octanol–water partition coefficient (Wildman–Crippen LogP) is 4.10. The van der Waals surface area contributed by atoms with Gasteiger partial charge in [0.05, 0.1) is 22.8 Å². The number of carbonyl (C=O) groups excluding carboxylic acids is 1. The van der Waals surface area contributed by atoms with Crippen molar-refractivity contribution in [2.24, 2.45) is 0 Å². The van der Waals surface area contributed by atoms with Gasteiger partial charge in [-0.3, -0.25) is 9.48 Å². The minimum Gasteiger partial charge on any atom is -0.355 e. The molecular formula is C21H19ClN4O. The first-order valence-electron chi connectivity index (χ1n) is 8.50. The summed E-state index contributed by atoms with van der Waals surface area (Å²) in [6.45, 7) is 4.42. The highest BCUT2D eigenvalue weighted by Crippen LogP contribution is 2.30. The summed E-state index contributed by atoms with van der Waals surface area (Å²) in [6, 6.07) is 15.0. The number of nitrogens with zero attached hydrogens (tertiary/aromatic N) is 3. The summed E-state index contributed by atoms with van der Waals surface area (Å²) in [7, 11) is 1.62. The molecule has 0 aliphatic rings. The molecule has 0 aliphatic heterocycles. The van der Waals surface area contributed by atoms with Gasteiger partial charge in [0.15, 0.2) is 0 Å². The molecular weight excluding hydrogens is 360 g/mol. The number of benzene rings is 2. The molecule has 27 heavy (non-hydrogen) atoms. The van der Waals surface area contributed by atoms with E-state index in [9.17, 15) is 4.79 Å². The Morgan fingerprint density at radius 2 is 2.00 bits per heavy atom. The third kappa shape index (κ3) is 3.57. The van der Waals surface area contributed by atoms with E-state index in [-0.39, 0.29) is 5.91 Å². The first-order valence-corrected chi connectivity index (χ1v) is 8.88. The number of aryl methyl sites for hydroxylation is 1. The van der Waals surface area contributed by atoms with E-state index in [1.807, 2.05) is 42.8 Å². The second-order valence-electron chi connectivity index (χ2n) is 6.25. The topological polar surface area (TPSA) is 70.7 Å². The minimum absolute atomic E-state index is 0.119. The second-order valence-corrected chi connectivity index (χ2v) is 6.65. The monoisotopic (exact) mass is 378 g/mol. The molecule has 0 atom stereocenters. The quantitative estimate of drug-likeness (QED) is 0.742. The molecule has 1 N–H and O–H groups in total. The zero-order valence-electron chi connectivity index (χ0n) is 15.4.